The van der Waals surface area contributed by atoms with Crippen molar-refractivity contribution in [2.24, 2.45) is 0 Å². The predicted octanol–water partition coefficient (Wildman–Crippen LogP) is 4.65. The van der Waals surface area contributed by atoms with Crippen LogP contribution in [0.5, 0.6) is 0 Å². The van der Waals surface area contributed by atoms with Crippen LogP contribution in [0.4, 0.5) is 47.8 Å². The van der Waals surface area contributed by atoms with E-state index in [1.165, 1.54) is 13.2 Å². The average molecular weight is 836 g/mol. The third-order valence-corrected chi connectivity index (χ3v) is 12.2. The maximum Gasteiger partial charge on any atom is 0.421 e. The molecule has 2 amide bonds. The number of amides is 2. The molecule has 7 rings (SSSR count). The lowest BCUT2D eigenvalue weighted by Crippen LogP contribution is -2.53. The molecule has 19 heteroatoms. The van der Waals surface area contributed by atoms with Gasteiger partial charge in [-0.2, -0.15) is 18.2 Å². The minimum atomic E-state index is -4.74. The van der Waals surface area contributed by atoms with Crippen molar-refractivity contribution in [3.05, 3.63) is 89.7 Å². The number of sulfonamides is 1. The molecule has 3 saturated heterocycles. The average Bonchev–Trinajstić information content (AvgIpc) is 3.21. The number of piperidine rings is 2. The first-order valence-electron chi connectivity index (χ1n) is 19.5. The maximum atomic E-state index is 14.0. The van der Waals surface area contributed by atoms with E-state index in [-0.39, 0.29) is 30.1 Å². The van der Waals surface area contributed by atoms with Gasteiger partial charge in [0.2, 0.25) is 27.8 Å². The van der Waals surface area contributed by atoms with E-state index in [9.17, 15) is 31.2 Å². The summed E-state index contributed by atoms with van der Waals surface area (Å²) in [7, 11) is -2.34. The second kappa shape index (κ2) is 17.8. The number of carbonyl (C=O) groups is 2. The smallest absolute Gasteiger partial charge is 0.373 e. The number of imide groups is 1. The zero-order valence-corrected chi connectivity index (χ0v) is 33.7. The van der Waals surface area contributed by atoms with E-state index in [1.807, 2.05) is 42.5 Å². The van der Waals surface area contributed by atoms with E-state index < -0.39 is 33.6 Å². The fourth-order valence-electron chi connectivity index (χ4n) is 7.69. The van der Waals surface area contributed by atoms with Gasteiger partial charge in [-0.3, -0.25) is 29.0 Å². The number of rotatable bonds is 13. The number of pyridine rings is 1. The van der Waals surface area contributed by atoms with Crippen molar-refractivity contribution in [3.8, 4) is 0 Å². The first-order valence-corrected chi connectivity index (χ1v) is 21.4. The molecule has 1 unspecified atom stereocenters. The Morgan fingerprint density at radius 1 is 0.898 bits per heavy atom. The minimum absolute atomic E-state index is 0.0399. The molecule has 0 radical (unpaired) electrons. The Hall–Kier alpha value is -5.53. The molecule has 2 aromatic carbocycles. The minimum Gasteiger partial charge on any atom is -0.373 e. The molecule has 3 aliphatic heterocycles. The molecule has 4 N–H and O–H groups in total. The van der Waals surface area contributed by atoms with Gasteiger partial charge in [0.1, 0.15) is 23.2 Å². The molecule has 1 atom stereocenters. The zero-order valence-electron chi connectivity index (χ0n) is 32.9. The molecule has 59 heavy (non-hydrogen) atoms. The van der Waals surface area contributed by atoms with Gasteiger partial charge in [-0.05, 0) is 61.2 Å². The SMILES string of the molecule is CN(c1ncccc1CNc1nc(Nc2ccc(N3CCC(N4CCN(Cc5ccccc5NC5CCC(=O)NC5=O)CC4)CC3)cc2)ncc1C(F)(F)F)S(C)(=O)=O. The molecule has 0 saturated carbocycles. The van der Waals surface area contributed by atoms with Crippen molar-refractivity contribution in [1.29, 1.82) is 0 Å². The van der Waals surface area contributed by atoms with E-state index in [4.69, 9.17) is 0 Å². The fourth-order valence-corrected chi connectivity index (χ4v) is 8.17. The molecule has 2 aromatic heterocycles. The first-order chi connectivity index (χ1) is 28.2. The van der Waals surface area contributed by atoms with Gasteiger partial charge in [0, 0.05) is 107 Å². The maximum absolute atomic E-state index is 14.0. The van der Waals surface area contributed by atoms with Crippen LogP contribution in [-0.2, 0) is 38.9 Å². The molecule has 4 aromatic rings. The van der Waals surface area contributed by atoms with Gasteiger partial charge >= 0.3 is 6.18 Å². The van der Waals surface area contributed by atoms with Gasteiger partial charge in [-0.25, -0.2) is 18.4 Å². The lowest BCUT2D eigenvalue weighted by molar-refractivity contribution is -0.137. The van der Waals surface area contributed by atoms with Gasteiger partial charge in [-0.1, -0.05) is 24.3 Å². The Morgan fingerprint density at radius 3 is 2.31 bits per heavy atom. The second-order valence-corrected chi connectivity index (χ2v) is 17.0. The van der Waals surface area contributed by atoms with Gasteiger partial charge < -0.3 is 20.9 Å². The Kier molecular flexibility index (Phi) is 12.5. The van der Waals surface area contributed by atoms with Crippen molar-refractivity contribution >= 4 is 56.5 Å². The molecule has 15 nitrogen and oxygen atoms in total. The Balaban J connectivity index is 0.901. The lowest BCUT2D eigenvalue weighted by Gasteiger charge is -2.43. The van der Waals surface area contributed by atoms with Crippen LogP contribution >= 0.6 is 0 Å². The van der Waals surface area contributed by atoms with Crippen LogP contribution in [-0.4, -0.2) is 110 Å². The van der Waals surface area contributed by atoms with Crippen LogP contribution in [0.15, 0.2) is 73.1 Å². The Labute approximate surface area is 341 Å². The van der Waals surface area contributed by atoms with Crippen LogP contribution in [0.3, 0.4) is 0 Å². The van der Waals surface area contributed by atoms with E-state index in [1.54, 1.807) is 12.1 Å². The number of piperazine rings is 1. The second-order valence-electron chi connectivity index (χ2n) is 15.0. The van der Waals surface area contributed by atoms with Gasteiger partial charge in [-0.15, -0.1) is 0 Å². The number of hydrogen-bond acceptors (Lipinski definition) is 13. The third-order valence-electron chi connectivity index (χ3n) is 11.1. The number of benzene rings is 2. The summed E-state index contributed by atoms with van der Waals surface area (Å²) in [5, 5.41) is 11.5. The number of nitrogens with zero attached hydrogens (tertiary/aromatic N) is 7. The molecule has 3 fully saturated rings. The summed E-state index contributed by atoms with van der Waals surface area (Å²) < 4.78 is 67.1. The molecular formula is C40H48F3N11O4S. The quantitative estimate of drug-likeness (QED) is 0.138. The van der Waals surface area contributed by atoms with Crippen LogP contribution < -0.4 is 30.5 Å². The van der Waals surface area contributed by atoms with Crippen molar-refractivity contribution in [3.63, 3.8) is 0 Å². The Bertz CT molecular complexity index is 2230. The highest BCUT2D eigenvalue weighted by Gasteiger charge is 2.36. The van der Waals surface area contributed by atoms with Crippen molar-refractivity contribution < 1.29 is 31.2 Å². The number of carbonyl (C=O) groups excluding carboxylic acids is 2. The summed E-state index contributed by atoms with van der Waals surface area (Å²) in [6.07, 6.45) is 1.26. The highest BCUT2D eigenvalue weighted by Crippen LogP contribution is 2.35. The topological polar surface area (TPSA) is 168 Å². The fraction of sp³-hybridized carbons (Fsp3) is 0.425. The molecular weight excluding hydrogens is 788 g/mol. The van der Waals surface area contributed by atoms with Crippen LogP contribution in [0.2, 0.25) is 0 Å². The molecule has 0 spiro atoms. The highest BCUT2D eigenvalue weighted by atomic mass is 32.2. The van der Waals surface area contributed by atoms with E-state index in [2.05, 4.69) is 57.0 Å². The molecule has 0 aliphatic carbocycles. The molecule has 0 bridgehead atoms. The van der Waals surface area contributed by atoms with E-state index in [0.29, 0.717) is 36.3 Å². The molecule has 314 valence electrons. The zero-order chi connectivity index (χ0) is 41.7. The number of anilines is 6. The number of alkyl halides is 3. The summed E-state index contributed by atoms with van der Waals surface area (Å²) in [6.45, 7) is 6.22. The third kappa shape index (κ3) is 10.4. The largest absolute Gasteiger partial charge is 0.421 e. The van der Waals surface area contributed by atoms with E-state index in [0.717, 1.165) is 86.2 Å². The Morgan fingerprint density at radius 2 is 1.61 bits per heavy atom. The van der Waals surface area contributed by atoms with E-state index >= 15 is 0 Å². The first kappa shape index (κ1) is 41.6. The normalized spacial score (nSPS) is 18.7. The van der Waals surface area contributed by atoms with Gasteiger partial charge in [0.05, 0.1) is 6.26 Å². The number of aromatic nitrogens is 3. The summed E-state index contributed by atoms with van der Waals surface area (Å²) in [4.78, 5) is 43.5. The number of hydrogen-bond donors (Lipinski definition) is 4. The summed E-state index contributed by atoms with van der Waals surface area (Å²) in [5.74, 6) is -0.921. The highest BCUT2D eigenvalue weighted by molar-refractivity contribution is 7.92. The molecule has 3 aliphatic rings. The van der Waals surface area contributed by atoms with Crippen molar-refractivity contribution in [1.82, 2.24) is 30.1 Å². The van der Waals surface area contributed by atoms with Crippen LogP contribution in [0.25, 0.3) is 0 Å². The molecule has 5 heterocycles. The van der Waals surface area contributed by atoms with Crippen molar-refractivity contribution in [2.75, 3.05) is 77.7 Å². The number of halogens is 3. The van der Waals surface area contributed by atoms with Crippen LogP contribution in [0.1, 0.15) is 42.4 Å². The van der Waals surface area contributed by atoms with Crippen LogP contribution in [0, 0.1) is 0 Å². The summed E-state index contributed by atoms with van der Waals surface area (Å²) in [5.41, 5.74) is 3.00. The van der Waals surface area contributed by atoms with Gasteiger partial charge in [0.25, 0.3) is 0 Å². The summed E-state index contributed by atoms with van der Waals surface area (Å²) in [6, 6.07) is 18.9. The monoisotopic (exact) mass is 835 g/mol. The lowest BCUT2D eigenvalue weighted by atomic mass is 10.0. The number of nitrogens with one attached hydrogen (secondary N) is 4. The van der Waals surface area contributed by atoms with Gasteiger partial charge in [0.15, 0.2) is 0 Å². The standard InChI is InChI=1S/C40H48F3N11O4S/c1-51(59(2,57)58)37-27(7-5-17-44-37)24-45-36-32(40(41,42)43)25-46-39(50-36)47-29-9-11-30(12-10-29)53-18-15-31(16-19-53)54-22-20-52(21-23-54)26-28-6-3-4-8-33(28)48-34-13-14-35(55)49-38(34)56/h3-12,17,25,31,34,48H,13-16,18-24,26H2,1-2H3,(H,49,55,56)(H2,45,46,47,50). The predicted molar refractivity (Wildman–Crippen MR) is 220 cm³/mol. The summed E-state index contributed by atoms with van der Waals surface area (Å²) >= 11 is 0. The van der Waals surface area contributed by atoms with Crippen molar-refractivity contribution in [2.45, 2.75) is 57.0 Å². The number of para-hydroxylation sites is 1.